The highest BCUT2D eigenvalue weighted by molar-refractivity contribution is 6.31. The summed E-state index contributed by atoms with van der Waals surface area (Å²) in [6, 6.07) is 8.86. The van der Waals surface area contributed by atoms with Crippen LogP contribution in [-0.4, -0.2) is 49.2 Å². The van der Waals surface area contributed by atoms with Crippen molar-refractivity contribution in [1.82, 2.24) is 4.90 Å². The lowest BCUT2D eigenvalue weighted by Crippen LogP contribution is -2.52. The van der Waals surface area contributed by atoms with E-state index in [0.717, 1.165) is 16.9 Å². The van der Waals surface area contributed by atoms with Gasteiger partial charge in [-0.2, -0.15) is 0 Å². The monoisotopic (exact) mass is 442 g/mol. The van der Waals surface area contributed by atoms with Crippen molar-refractivity contribution in [1.29, 1.82) is 0 Å². The number of fused-ring (bicyclic) bond motifs is 3. The molecule has 2 amide bonds. The lowest BCUT2D eigenvalue weighted by molar-refractivity contribution is -0.138. The van der Waals surface area contributed by atoms with Gasteiger partial charge in [0.2, 0.25) is 18.6 Å². The Kier molecular flexibility index (Phi) is 4.93. The van der Waals surface area contributed by atoms with Crippen LogP contribution in [0.4, 0.5) is 5.69 Å². The number of hydrogen-bond acceptors (Lipinski definition) is 5. The van der Waals surface area contributed by atoms with Crippen molar-refractivity contribution in [2.75, 3.05) is 25.3 Å². The number of carbonyl (C=O) groups is 2. The second kappa shape index (κ2) is 7.64. The minimum Gasteiger partial charge on any atom is -0.495 e. The molecule has 2 aromatic rings. The summed E-state index contributed by atoms with van der Waals surface area (Å²) in [6.07, 6.45) is 1.57. The van der Waals surface area contributed by atoms with Crippen molar-refractivity contribution in [3.05, 3.63) is 46.5 Å². The Balaban J connectivity index is 1.27. The number of halogens is 1. The van der Waals surface area contributed by atoms with Gasteiger partial charge in [0.15, 0.2) is 11.5 Å². The van der Waals surface area contributed by atoms with Crippen LogP contribution in [0.3, 0.4) is 0 Å². The maximum absolute atomic E-state index is 13.2. The van der Waals surface area contributed by atoms with E-state index in [9.17, 15) is 9.59 Å². The number of ether oxygens (including phenoxy) is 3. The van der Waals surface area contributed by atoms with Gasteiger partial charge >= 0.3 is 0 Å². The molecule has 2 bridgehead atoms. The minimum atomic E-state index is -0.421. The standard InChI is InChI=1S/C23H23ClN2O5/c1-13-7-17(20(29-2)10-16(13)24)26-15-9-18(23(26)28)25(11-15)22(27)6-4-14-3-5-19-21(8-14)31-12-30-19/h3,5,7-8,10,15,18H,4,6,9,11-12H2,1-2H3/t15-,18-/m0/s1. The predicted octanol–water partition coefficient (Wildman–Crippen LogP) is 3.33. The van der Waals surface area contributed by atoms with Gasteiger partial charge in [0.05, 0.1) is 18.8 Å². The molecule has 7 nitrogen and oxygen atoms in total. The fourth-order valence-corrected chi connectivity index (χ4v) is 4.81. The molecule has 2 fully saturated rings. The van der Waals surface area contributed by atoms with Gasteiger partial charge in [0.25, 0.3) is 0 Å². The van der Waals surface area contributed by atoms with Crippen molar-refractivity contribution in [2.45, 2.75) is 38.3 Å². The molecule has 0 radical (unpaired) electrons. The maximum atomic E-state index is 13.2. The maximum Gasteiger partial charge on any atom is 0.250 e. The van der Waals surface area contributed by atoms with E-state index < -0.39 is 6.04 Å². The fourth-order valence-electron chi connectivity index (χ4n) is 4.66. The number of amides is 2. The first-order valence-corrected chi connectivity index (χ1v) is 10.7. The highest BCUT2D eigenvalue weighted by atomic mass is 35.5. The number of carbonyl (C=O) groups excluding carboxylic acids is 2. The average Bonchev–Trinajstić information content (AvgIpc) is 3.48. The first kappa shape index (κ1) is 20.0. The second-order valence-corrected chi connectivity index (χ2v) is 8.53. The zero-order valence-electron chi connectivity index (χ0n) is 17.4. The van der Waals surface area contributed by atoms with Gasteiger partial charge in [-0.1, -0.05) is 17.7 Å². The van der Waals surface area contributed by atoms with Crippen molar-refractivity contribution >= 4 is 29.1 Å². The highest BCUT2D eigenvalue weighted by Gasteiger charge is 2.52. The number of aryl methyl sites for hydroxylation is 2. The normalized spacial score (nSPS) is 21.2. The van der Waals surface area contributed by atoms with Gasteiger partial charge in [-0.25, -0.2) is 0 Å². The largest absolute Gasteiger partial charge is 0.495 e. The van der Waals surface area contributed by atoms with Crippen LogP contribution in [0.25, 0.3) is 0 Å². The molecule has 0 unspecified atom stereocenters. The van der Waals surface area contributed by atoms with Gasteiger partial charge in [0, 0.05) is 24.1 Å². The number of hydrogen-bond donors (Lipinski definition) is 0. The van der Waals surface area contributed by atoms with Crippen LogP contribution >= 0.6 is 11.6 Å². The predicted molar refractivity (Wildman–Crippen MR) is 115 cm³/mol. The molecule has 3 aliphatic heterocycles. The molecule has 0 aromatic heterocycles. The van der Waals surface area contributed by atoms with E-state index >= 15 is 0 Å². The summed E-state index contributed by atoms with van der Waals surface area (Å²) in [7, 11) is 1.56. The number of nitrogens with zero attached hydrogens (tertiary/aromatic N) is 2. The van der Waals surface area contributed by atoms with Gasteiger partial charge in [-0.3, -0.25) is 9.59 Å². The Labute approximate surface area is 185 Å². The third-order valence-corrected chi connectivity index (χ3v) is 6.68. The molecular formula is C23H23ClN2O5. The zero-order valence-corrected chi connectivity index (χ0v) is 18.1. The van der Waals surface area contributed by atoms with Gasteiger partial charge in [0.1, 0.15) is 11.8 Å². The fraction of sp³-hybridized carbons (Fsp3) is 0.391. The smallest absolute Gasteiger partial charge is 0.250 e. The Morgan fingerprint density at radius 2 is 2.03 bits per heavy atom. The Morgan fingerprint density at radius 1 is 1.23 bits per heavy atom. The third kappa shape index (κ3) is 3.37. The van der Waals surface area contributed by atoms with Gasteiger partial charge in [-0.15, -0.1) is 0 Å². The van der Waals surface area contributed by atoms with Crippen LogP contribution in [0.1, 0.15) is 24.0 Å². The summed E-state index contributed by atoms with van der Waals surface area (Å²) in [4.78, 5) is 29.6. The molecule has 162 valence electrons. The van der Waals surface area contributed by atoms with E-state index in [4.69, 9.17) is 25.8 Å². The van der Waals surface area contributed by atoms with Crippen molar-refractivity contribution in [3.63, 3.8) is 0 Å². The van der Waals surface area contributed by atoms with Crippen LogP contribution in [0.5, 0.6) is 17.2 Å². The Hall–Kier alpha value is -2.93. The molecule has 5 rings (SSSR count). The van der Waals surface area contributed by atoms with Crippen LogP contribution in [0.15, 0.2) is 30.3 Å². The average molecular weight is 443 g/mol. The summed E-state index contributed by atoms with van der Waals surface area (Å²) < 4.78 is 16.2. The van der Waals surface area contributed by atoms with Crippen molar-refractivity contribution in [3.8, 4) is 17.2 Å². The van der Waals surface area contributed by atoms with Crippen LogP contribution < -0.4 is 19.1 Å². The minimum absolute atomic E-state index is 0.00239. The SMILES string of the molecule is COc1cc(Cl)c(C)cc1N1C(=O)[C@@H]2C[C@H]1CN2C(=O)CCc1ccc2c(c1)OCO2. The number of benzene rings is 2. The van der Waals surface area contributed by atoms with Crippen LogP contribution in [-0.2, 0) is 16.0 Å². The lowest BCUT2D eigenvalue weighted by Gasteiger charge is -2.34. The van der Waals surface area contributed by atoms with Crippen molar-refractivity contribution in [2.24, 2.45) is 0 Å². The summed E-state index contributed by atoms with van der Waals surface area (Å²) in [5, 5.41) is 0.595. The molecule has 2 atom stereocenters. The number of piperazine rings is 1. The molecule has 2 aromatic carbocycles. The third-order valence-electron chi connectivity index (χ3n) is 6.27. The topological polar surface area (TPSA) is 68.3 Å². The molecule has 3 heterocycles. The summed E-state index contributed by atoms with van der Waals surface area (Å²) in [6.45, 7) is 2.66. The molecular weight excluding hydrogens is 420 g/mol. The summed E-state index contributed by atoms with van der Waals surface area (Å²) in [5.41, 5.74) is 2.61. The lowest BCUT2D eigenvalue weighted by atomic mass is 10.1. The van der Waals surface area contributed by atoms with Crippen LogP contribution in [0, 0.1) is 6.92 Å². The molecule has 0 saturated carbocycles. The molecule has 2 saturated heterocycles. The Bertz CT molecular complexity index is 1070. The Morgan fingerprint density at radius 3 is 2.81 bits per heavy atom. The molecule has 0 spiro atoms. The van der Waals surface area contributed by atoms with Crippen LogP contribution in [0.2, 0.25) is 5.02 Å². The highest BCUT2D eigenvalue weighted by Crippen LogP contribution is 2.42. The van der Waals surface area contributed by atoms with E-state index in [1.54, 1.807) is 23.0 Å². The van der Waals surface area contributed by atoms with Crippen molar-refractivity contribution < 1.29 is 23.8 Å². The first-order chi connectivity index (χ1) is 15.0. The number of anilines is 1. The number of likely N-dealkylation sites (tertiary alicyclic amines) is 1. The van der Waals surface area contributed by atoms with E-state index in [1.807, 2.05) is 31.2 Å². The summed E-state index contributed by atoms with van der Waals surface area (Å²) >= 11 is 6.22. The van der Waals surface area contributed by atoms with E-state index in [-0.39, 0.29) is 24.6 Å². The summed E-state index contributed by atoms with van der Waals surface area (Å²) in [5.74, 6) is 1.94. The number of rotatable bonds is 5. The van der Waals surface area contributed by atoms with E-state index in [0.29, 0.717) is 48.0 Å². The molecule has 0 N–H and O–H groups in total. The molecule has 3 aliphatic rings. The van der Waals surface area contributed by atoms with Gasteiger partial charge < -0.3 is 24.0 Å². The van der Waals surface area contributed by atoms with Gasteiger partial charge in [-0.05, 0) is 49.1 Å². The first-order valence-electron chi connectivity index (χ1n) is 10.3. The molecule has 0 aliphatic carbocycles. The second-order valence-electron chi connectivity index (χ2n) is 8.12. The number of methoxy groups -OCH3 is 1. The van der Waals surface area contributed by atoms with E-state index in [1.165, 1.54) is 0 Å². The molecule has 31 heavy (non-hydrogen) atoms. The molecule has 8 heteroatoms. The zero-order chi connectivity index (χ0) is 21.7. The quantitative estimate of drug-likeness (QED) is 0.710. The van der Waals surface area contributed by atoms with E-state index in [2.05, 4.69) is 0 Å².